The van der Waals surface area contributed by atoms with Crippen molar-refractivity contribution < 1.29 is 0 Å². The highest BCUT2D eigenvalue weighted by Gasteiger charge is 2.00. The number of thiophene rings is 1. The van der Waals surface area contributed by atoms with Crippen molar-refractivity contribution >= 4 is 33.0 Å². The molecule has 3 nitrogen and oxygen atoms in total. The summed E-state index contributed by atoms with van der Waals surface area (Å²) < 4.78 is 1.16. The molecule has 2 heterocycles. The van der Waals surface area contributed by atoms with Gasteiger partial charge in [0.15, 0.2) is 0 Å². The molecule has 0 aliphatic carbocycles. The Morgan fingerprint density at radius 1 is 1.54 bits per heavy atom. The Morgan fingerprint density at radius 2 is 2.46 bits per heavy atom. The fourth-order valence-corrected chi connectivity index (χ4v) is 2.42. The largest absolute Gasteiger partial charge is 0.378 e. The molecule has 0 radical (unpaired) electrons. The Bertz CT molecular complexity index is 368. The molecule has 2 aromatic heterocycles. The highest BCUT2D eigenvalue weighted by Crippen LogP contribution is 2.21. The maximum atomic E-state index is 3.85. The summed E-state index contributed by atoms with van der Waals surface area (Å²) in [5.41, 5.74) is 2.28. The highest BCUT2D eigenvalue weighted by atomic mass is 79.9. The highest BCUT2D eigenvalue weighted by molar-refractivity contribution is 9.10. The maximum Gasteiger partial charge on any atom is 0.0726 e. The van der Waals surface area contributed by atoms with Crippen LogP contribution in [-0.4, -0.2) is 10.2 Å². The van der Waals surface area contributed by atoms with Gasteiger partial charge in [-0.15, -0.1) is 0 Å². The molecule has 13 heavy (non-hydrogen) atoms. The number of aromatic amines is 1. The van der Waals surface area contributed by atoms with E-state index in [1.807, 2.05) is 6.20 Å². The molecule has 0 aromatic carbocycles. The molecule has 0 fully saturated rings. The molecule has 0 spiro atoms. The molecule has 0 atom stereocenters. The lowest BCUT2D eigenvalue weighted by Crippen LogP contribution is -1.96. The van der Waals surface area contributed by atoms with Crippen molar-refractivity contribution in [1.82, 2.24) is 10.2 Å². The first-order valence-corrected chi connectivity index (χ1v) is 5.53. The van der Waals surface area contributed by atoms with Crippen LogP contribution in [0.3, 0.4) is 0 Å². The second kappa shape index (κ2) is 3.93. The fourth-order valence-electron chi connectivity index (χ4n) is 0.979. The van der Waals surface area contributed by atoms with E-state index in [-0.39, 0.29) is 0 Å². The van der Waals surface area contributed by atoms with E-state index < -0.39 is 0 Å². The average molecular weight is 258 g/mol. The molecule has 5 heteroatoms. The van der Waals surface area contributed by atoms with Gasteiger partial charge in [0, 0.05) is 22.6 Å². The minimum Gasteiger partial charge on any atom is -0.378 e. The van der Waals surface area contributed by atoms with Gasteiger partial charge in [0.1, 0.15) is 0 Å². The van der Waals surface area contributed by atoms with Crippen LogP contribution in [0.25, 0.3) is 0 Å². The van der Waals surface area contributed by atoms with E-state index in [0.29, 0.717) is 0 Å². The number of nitrogens with one attached hydrogen (secondary N) is 2. The molecular formula is C8H8BrN3S. The maximum absolute atomic E-state index is 3.85. The topological polar surface area (TPSA) is 40.7 Å². The Hall–Kier alpha value is -0.810. The molecular weight excluding hydrogens is 250 g/mol. The summed E-state index contributed by atoms with van der Waals surface area (Å²) >= 11 is 5.17. The minimum absolute atomic E-state index is 0.823. The Morgan fingerprint density at radius 3 is 3.08 bits per heavy atom. The fraction of sp³-hybridized carbons (Fsp3) is 0.125. The van der Waals surface area contributed by atoms with Gasteiger partial charge in [-0.2, -0.15) is 16.4 Å². The third-order valence-electron chi connectivity index (χ3n) is 1.67. The first-order chi connectivity index (χ1) is 6.36. The third-order valence-corrected chi connectivity index (χ3v) is 3.50. The van der Waals surface area contributed by atoms with E-state index >= 15 is 0 Å². The molecule has 2 aromatic rings. The molecule has 0 aliphatic rings. The van der Waals surface area contributed by atoms with Crippen LogP contribution in [0, 0.1) is 0 Å². The van der Waals surface area contributed by atoms with E-state index in [9.17, 15) is 0 Å². The Labute approximate surface area is 88.3 Å². The quantitative estimate of drug-likeness (QED) is 0.888. The molecule has 0 unspecified atom stereocenters. The number of anilines is 1. The first kappa shape index (κ1) is 8.77. The minimum atomic E-state index is 0.823. The van der Waals surface area contributed by atoms with Crippen molar-refractivity contribution in [2.75, 3.05) is 5.32 Å². The molecule has 2 N–H and O–H groups in total. The SMILES string of the molecule is Brc1cscc1CNc1cn[nH]c1. The summed E-state index contributed by atoms with van der Waals surface area (Å²) in [6.45, 7) is 0.823. The van der Waals surface area contributed by atoms with Gasteiger partial charge >= 0.3 is 0 Å². The number of hydrogen-bond donors (Lipinski definition) is 2. The van der Waals surface area contributed by atoms with Crippen molar-refractivity contribution in [3.63, 3.8) is 0 Å². The van der Waals surface area contributed by atoms with Crippen molar-refractivity contribution in [3.05, 3.63) is 33.2 Å². The van der Waals surface area contributed by atoms with Gasteiger partial charge in [-0.25, -0.2) is 0 Å². The van der Waals surface area contributed by atoms with Crippen LogP contribution in [0.15, 0.2) is 27.6 Å². The zero-order chi connectivity index (χ0) is 9.10. The van der Waals surface area contributed by atoms with Gasteiger partial charge in [-0.3, -0.25) is 5.10 Å². The Balaban J connectivity index is 1.97. The van der Waals surface area contributed by atoms with Gasteiger partial charge in [-0.05, 0) is 26.9 Å². The van der Waals surface area contributed by atoms with E-state index in [4.69, 9.17) is 0 Å². The summed E-state index contributed by atoms with van der Waals surface area (Å²) in [4.78, 5) is 0. The van der Waals surface area contributed by atoms with Crippen molar-refractivity contribution in [1.29, 1.82) is 0 Å². The number of nitrogens with zero attached hydrogens (tertiary/aromatic N) is 1. The number of halogens is 1. The second-order valence-corrected chi connectivity index (χ2v) is 4.18. The lowest BCUT2D eigenvalue weighted by Gasteiger charge is -2.00. The predicted molar refractivity (Wildman–Crippen MR) is 57.9 cm³/mol. The van der Waals surface area contributed by atoms with Crippen LogP contribution in [0.2, 0.25) is 0 Å². The summed E-state index contributed by atoms with van der Waals surface area (Å²) in [5.74, 6) is 0. The monoisotopic (exact) mass is 257 g/mol. The van der Waals surface area contributed by atoms with Gasteiger partial charge in [0.05, 0.1) is 11.9 Å². The summed E-state index contributed by atoms with van der Waals surface area (Å²) in [5, 5.41) is 14.0. The van der Waals surface area contributed by atoms with Crippen LogP contribution >= 0.6 is 27.3 Å². The summed E-state index contributed by atoms with van der Waals surface area (Å²) in [6, 6.07) is 0. The van der Waals surface area contributed by atoms with E-state index in [1.165, 1.54) is 5.56 Å². The van der Waals surface area contributed by atoms with Crippen molar-refractivity contribution in [3.8, 4) is 0 Å². The number of hydrogen-bond acceptors (Lipinski definition) is 3. The van der Waals surface area contributed by atoms with Crippen molar-refractivity contribution in [2.24, 2.45) is 0 Å². The lowest BCUT2D eigenvalue weighted by atomic mass is 10.3. The van der Waals surface area contributed by atoms with Gasteiger partial charge in [0.25, 0.3) is 0 Å². The van der Waals surface area contributed by atoms with Crippen molar-refractivity contribution in [2.45, 2.75) is 6.54 Å². The second-order valence-electron chi connectivity index (χ2n) is 2.59. The van der Waals surface area contributed by atoms with Gasteiger partial charge < -0.3 is 5.32 Å². The number of aromatic nitrogens is 2. The predicted octanol–water partition coefficient (Wildman–Crippen LogP) is 2.85. The molecule has 68 valence electrons. The van der Waals surface area contributed by atoms with Crippen LogP contribution in [-0.2, 0) is 6.54 Å². The standard InChI is InChI=1S/C8H8BrN3S/c9-8-5-13-4-6(8)1-10-7-2-11-12-3-7/h2-5,10H,1H2,(H,11,12). The molecule has 0 aliphatic heterocycles. The number of rotatable bonds is 3. The normalized spacial score (nSPS) is 10.2. The number of H-pyrrole nitrogens is 1. The average Bonchev–Trinajstić information content (AvgIpc) is 2.72. The summed E-state index contributed by atoms with van der Waals surface area (Å²) in [6.07, 6.45) is 3.60. The molecule has 0 bridgehead atoms. The van der Waals surface area contributed by atoms with Gasteiger partial charge in [-0.1, -0.05) is 0 Å². The molecule has 0 saturated heterocycles. The van der Waals surface area contributed by atoms with Crippen LogP contribution < -0.4 is 5.32 Å². The van der Waals surface area contributed by atoms with Crippen LogP contribution in [0.1, 0.15) is 5.56 Å². The Kier molecular flexibility index (Phi) is 2.65. The first-order valence-electron chi connectivity index (χ1n) is 3.79. The van der Waals surface area contributed by atoms with E-state index in [0.717, 1.165) is 16.7 Å². The zero-order valence-electron chi connectivity index (χ0n) is 6.75. The van der Waals surface area contributed by atoms with E-state index in [2.05, 4.69) is 42.2 Å². The lowest BCUT2D eigenvalue weighted by molar-refractivity contribution is 1.09. The molecule has 0 saturated carbocycles. The van der Waals surface area contributed by atoms with E-state index in [1.54, 1.807) is 17.5 Å². The zero-order valence-corrected chi connectivity index (χ0v) is 9.15. The molecule has 2 rings (SSSR count). The van der Waals surface area contributed by atoms with Crippen LogP contribution in [0.5, 0.6) is 0 Å². The third kappa shape index (κ3) is 2.10. The summed E-state index contributed by atoms with van der Waals surface area (Å²) in [7, 11) is 0. The van der Waals surface area contributed by atoms with Gasteiger partial charge in [0.2, 0.25) is 0 Å². The molecule has 0 amide bonds. The van der Waals surface area contributed by atoms with Crippen LogP contribution in [0.4, 0.5) is 5.69 Å². The smallest absolute Gasteiger partial charge is 0.0726 e.